The van der Waals surface area contributed by atoms with Crippen molar-refractivity contribution in [3.05, 3.63) is 0 Å². The van der Waals surface area contributed by atoms with E-state index in [2.05, 4.69) is 62.3 Å². The predicted molar refractivity (Wildman–Crippen MR) is 105 cm³/mol. The van der Waals surface area contributed by atoms with E-state index in [1.165, 1.54) is 25.7 Å². The van der Waals surface area contributed by atoms with E-state index in [1.807, 2.05) is 0 Å². The summed E-state index contributed by atoms with van der Waals surface area (Å²) in [7, 11) is 0. The standard InChI is InChI=1S/C22H44O2/c1-10-11-12-13-14-15-16-24-19(23)22(9,20(4,5)6)17-21(7,8)18(2)3/h18H,10-17H2,1-9H3. The summed E-state index contributed by atoms with van der Waals surface area (Å²) in [6.07, 6.45) is 8.14. The highest BCUT2D eigenvalue weighted by Crippen LogP contribution is 2.49. The Bertz CT molecular complexity index is 363. The summed E-state index contributed by atoms with van der Waals surface area (Å²) < 4.78 is 5.73. The number of ether oxygens (including phenoxy) is 1. The Hall–Kier alpha value is -0.530. The maximum Gasteiger partial charge on any atom is 0.312 e. The van der Waals surface area contributed by atoms with Crippen LogP contribution in [0.25, 0.3) is 0 Å². The summed E-state index contributed by atoms with van der Waals surface area (Å²) >= 11 is 0. The summed E-state index contributed by atoms with van der Waals surface area (Å²) in [5, 5.41) is 0. The van der Waals surface area contributed by atoms with E-state index in [-0.39, 0.29) is 16.8 Å². The van der Waals surface area contributed by atoms with Gasteiger partial charge in [-0.3, -0.25) is 4.79 Å². The van der Waals surface area contributed by atoms with Crippen molar-refractivity contribution in [2.24, 2.45) is 22.2 Å². The minimum absolute atomic E-state index is 0.0164. The smallest absolute Gasteiger partial charge is 0.312 e. The van der Waals surface area contributed by atoms with Crippen molar-refractivity contribution >= 4 is 5.97 Å². The molecule has 0 bridgehead atoms. The topological polar surface area (TPSA) is 26.3 Å². The largest absolute Gasteiger partial charge is 0.465 e. The molecule has 0 fully saturated rings. The summed E-state index contributed by atoms with van der Waals surface area (Å²) in [4.78, 5) is 12.9. The first-order chi connectivity index (χ1) is 10.9. The third-order valence-corrected chi connectivity index (χ3v) is 6.21. The van der Waals surface area contributed by atoms with Crippen molar-refractivity contribution in [1.29, 1.82) is 0 Å². The lowest BCUT2D eigenvalue weighted by Gasteiger charge is -2.45. The van der Waals surface area contributed by atoms with Gasteiger partial charge in [-0.25, -0.2) is 0 Å². The van der Waals surface area contributed by atoms with E-state index in [1.54, 1.807) is 0 Å². The van der Waals surface area contributed by atoms with Gasteiger partial charge in [0.15, 0.2) is 0 Å². The third kappa shape index (κ3) is 7.15. The van der Waals surface area contributed by atoms with E-state index in [0.717, 1.165) is 19.3 Å². The number of rotatable bonds is 11. The Morgan fingerprint density at radius 3 is 1.83 bits per heavy atom. The number of hydrogen-bond donors (Lipinski definition) is 0. The van der Waals surface area contributed by atoms with E-state index >= 15 is 0 Å². The van der Waals surface area contributed by atoms with Crippen molar-refractivity contribution in [1.82, 2.24) is 0 Å². The summed E-state index contributed by atoms with van der Waals surface area (Å²) in [6.45, 7) is 20.4. The van der Waals surface area contributed by atoms with E-state index < -0.39 is 5.41 Å². The van der Waals surface area contributed by atoms with Crippen LogP contribution in [0.3, 0.4) is 0 Å². The molecule has 0 aliphatic rings. The van der Waals surface area contributed by atoms with Crippen LogP contribution in [0.15, 0.2) is 0 Å². The molecular formula is C22H44O2. The van der Waals surface area contributed by atoms with Crippen LogP contribution in [0.1, 0.15) is 107 Å². The molecule has 0 aliphatic heterocycles. The highest BCUT2D eigenvalue weighted by Gasteiger charge is 2.49. The molecule has 0 amide bonds. The van der Waals surface area contributed by atoms with Gasteiger partial charge in [0.25, 0.3) is 0 Å². The zero-order valence-electron chi connectivity index (χ0n) is 18.1. The van der Waals surface area contributed by atoms with Crippen LogP contribution in [0.2, 0.25) is 0 Å². The van der Waals surface area contributed by atoms with Gasteiger partial charge >= 0.3 is 5.97 Å². The second kappa shape index (κ2) is 9.82. The molecule has 2 nitrogen and oxygen atoms in total. The fourth-order valence-corrected chi connectivity index (χ4v) is 2.97. The van der Waals surface area contributed by atoms with Gasteiger partial charge in [0.2, 0.25) is 0 Å². The van der Waals surface area contributed by atoms with Crippen LogP contribution < -0.4 is 0 Å². The summed E-state index contributed by atoms with van der Waals surface area (Å²) in [5.41, 5.74) is -0.457. The average Bonchev–Trinajstić information content (AvgIpc) is 2.44. The number of esters is 1. The molecule has 0 aromatic heterocycles. The molecule has 144 valence electrons. The molecule has 2 heteroatoms. The first-order valence-electron chi connectivity index (χ1n) is 10.1. The van der Waals surface area contributed by atoms with Crippen LogP contribution in [-0.2, 0) is 9.53 Å². The molecule has 1 atom stereocenters. The molecule has 0 saturated carbocycles. The zero-order chi connectivity index (χ0) is 19.0. The lowest BCUT2D eigenvalue weighted by atomic mass is 9.59. The maximum atomic E-state index is 12.9. The Labute approximate surface area is 152 Å². The molecule has 0 rings (SSSR count). The van der Waals surface area contributed by atoms with Gasteiger partial charge in [-0.15, -0.1) is 0 Å². The molecule has 0 N–H and O–H groups in total. The van der Waals surface area contributed by atoms with Gasteiger partial charge < -0.3 is 4.74 Å². The van der Waals surface area contributed by atoms with Crippen molar-refractivity contribution in [2.45, 2.75) is 107 Å². The number of hydrogen-bond acceptors (Lipinski definition) is 2. The molecule has 0 aromatic rings. The molecule has 0 aliphatic carbocycles. The van der Waals surface area contributed by atoms with E-state index in [0.29, 0.717) is 12.5 Å². The fourth-order valence-electron chi connectivity index (χ4n) is 2.97. The SMILES string of the molecule is CCCCCCCCOC(=O)C(C)(CC(C)(C)C(C)C)C(C)(C)C. The van der Waals surface area contributed by atoms with E-state index in [4.69, 9.17) is 4.74 Å². The monoisotopic (exact) mass is 340 g/mol. The highest BCUT2D eigenvalue weighted by molar-refractivity contribution is 5.77. The predicted octanol–water partition coefficient (Wildman–Crippen LogP) is 7.01. The van der Waals surface area contributed by atoms with Gasteiger partial charge in [0, 0.05) is 0 Å². The van der Waals surface area contributed by atoms with Crippen LogP contribution in [0, 0.1) is 22.2 Å². The summed E-state index contributed by atoms with van der Waals surface area (Å²) in [5.74, 6) is 0.517. The number of carbonyl (C=O) groups excluding carboxylic acids is 1. The molecule has 0 aromatic carbocycles. The Balaban J connectivity index is 4.69. The van der Waals surface area contributed by atoms with Gasteiger partial charge in [0.05, 0.1) is 12.0 Å². The number of unbranched alkanes of at least 4 members (excludes halogenated alkanes) is 5. The maximum absolute atomic E-state index is 12.9. The molecule has 0 radical (unpaired) electrons. The minimum atomic E-state index is -0.455. The average molecular weight is 341 g/mol. The lowest BCUT2D eigenvalue weighted by Crippen LogP contribution is -2.45. The van der Waals surface area contributed by atoms with Crippen LogP contribution in [0.5, 0.6) is 0 Å². The molecule has 0 saturated heterocycles. The van der Waals surface area contributed by atoms with Gasteiger partial charge in [0.1, 0.15) is 0 Å². The second-order valence-corrected chi connectivity index (χ2v) is 9.81. The van der Waals surface area contributed by atoms with Crippen molar-refractivity contribution in [3.63, 3.8) is 0 Å². The van der Waals surface area contributed by atoms with Crippen molar-refractivity contribution < 1.29 is 9.53 Å². The van der Waals surface area contributed by atoms with Gasteiger partial charge in [-0.2, -0.15) is 0 Å². The van der Waals surface area contributed by atoms with Crippen LogP contribution >= 0.6 is 0 Å². The van der Waals surface area contributed by atoms with Gasteiger partial charge in [-0.05, 0) is 36.5 Å². The molecule has 0 spiro atoms. The van der Waals surface area contributed by atoms with Crippen LogP contribution in [0.4, 0.5) is 0 Å². The quantitative estimate of drug-likeness (QED) is 0.298. The molecule has 0 heterocycles. The summed E-state index contributed by atoms with van der Waals surface area (Å²) in [6, 6.07) is 0. The first kappa shape index (κ1) is 23.5. The molecular weight excluding hydrogens is 296 g/mol. The Kier molecular flexibility index (Phi) is 9.61. The highest BCUT2D eigenvalue weighted by atomic mass is 16.5. The Morgan fingerprint density at radius 2 is 1.38 bits per heavy atom. The Morgan fingerprint density at radius 1 is 0.875 bits per heavy atom. The zero-order valence-corrected chi connectivity index (χ0v) is 18.1. The lowest BCUT2D eigenvalue weighted by molar-refractivity contribution is -0.165. The van der Waals surface area contributed by atoms with Gasteiger partial charge in [-0.1, -0.05) is 87.5 Å². The van der Waals surface area contributed by atoms with Crippen molar-refractivity contribution in [3.8, 4) is 0 Å². The second-order valence-electron chi connectivity index (χ2n) is 9.81. The van der Waals surface area contributed by atoms with Crippen molar-refractivity contribution in [2.75, 3.05) is 6.61 Å². The van der Waals surface area contributed by atoms with E-state index in [9.17, 15) is 4.79 Å². The third-order valence-electron chi connectivity index (χ3n) is 6.21. The molecule has 24 heavy (non-hydrogen) atoms. The molecule has 1 unspecified atom stereocenters. The van der Waals surface area contributed by atoms with Crippen LogP contribution in [-0.4, -0.2) is 12.6 Å². The first-order valence-corrected chi connectivity index (χ1v) is 10.1. The normalized spacial score (nSPS) is 15.4. The number of carbonyl (C=O) groups is 1. The minimum Gasteiger partial charge on any atom is -0.465 e. The fraction of sp³-hybridized carbons (Fsp3) is 0.955.